The van der Waals surface area contributed by atoms with Crippen molar-refractivity contribution in [1.29, 1.82) is 0 Å². The van der Waals surface area contributed by atoms with Gasteiger partial charge in [0, 0.05) is 16.5 Å². The van der Waals surface area contributed by atoms with Crippen LogP contribution in [0.25, 0.3) is 0 Å². The zero-order valence-corrected chi connectivity index (χ0v) is 13.8. The van der Waals surface area contributed by atoms with Gasteiger partial charge in [-0.1, -0.05) is 53.5 Å². The van der Waals surface area contributed by atoms with Crippen LogP contribution in [0.15, 0.2) is 53.4 Å². The summed E-state index contributed by atoms with van der Waals surface area (Å²) in [5, 5.41) is 3.89. The smallest absolute Gasteiger partial charge is 0.233 e. The maximum atomic E-state index is 12.1. The Morgan fingerprint density at radius 2 is 1.90 bits per heavy atom. The molecule has 1 amide bonds. The molecule has 21 heavy (non-hydrogen) atoms. The molecule has 0 aliphatic heterocycles. The van der Waals surface area contributed by atoms with E-state index in [-0.39, 0.29) is 11.2 Å². The summed E-state index contributed by atoms with van der Waals surface area (Å²) in [6.07, 6.45) is 0. The molecule has 110 valence electrons. The zero-order chi connectivity index (χ0) is 15.2. The summed E-state index contributed by atoms with van der Waals surface area (Å²) < 4.78 is 0. The molecule has 1 N–H and O–H groups in total. The number of carbonyl (C=O) groups is 1. The lowest BCUT2D eigenvalue weighted by Gasteiger charge is -2.13. The molecule has 0 unspecified atom stereocenters. The predicted molar refractivity (Wildman–Crippen MR) is 90.1 cm³/mol. The number of rotatable bonds is 5. The van der Waals surface area contributed by atoms with Gasteiger partial charge < -0.3 is 5.32 Å². The summed E-state index contributed by atoms with van der Waals surface area (Å²) in [6.45, 7) is 2.37. The van der Waals surface area contributed by atoms with Crippen molar-refractivity contribution in [1.82, 2.24) is 5.32 Å². The third-order valence-electron chi connectivity index (χ3n) is 2.88. The van der Waals surface area contributed by atoms with Crippen LogP contribution in [-0.4, -0.2) is 11.2 Å². The lowest BCUT2D eigenvalue weighted by atomic mass is 10.2. The lowest BCUT2D eigenvalue weighted by Crippen LogP contribution is -2.30. The topological polar surface area (TPSA) is 29.1 Å². The van der Waals surface area contributed by atoms with Crippen LogP contribution in [0.2, 0.25) is 10.0 Å². The van der Waals surface area contributed by atoms with Crippen molar-refractivity contribution in [2.45, 2.75) is 23.6 Å². The van der Waals surface area contributed by atoms with Gasteiger partial charge >= 0.3 is 0 Å². The van der Waals surface area contributed by atoms with E-state index in [9.17, 15) is 4.79 Å². The Labute approximate surface area is 138 Å². The first-order valence-corrected chi connectivity index (χ1v) is 8.13. The largest absolute Gasteiger partial charge is 0.351 e. The Hall–Kier alpha value is -1.16. The van der Waals surface area contributed by atoms with Crippen molar-refractivity contribution in [3.8, 4) is 0 Å². The van der Waals surface area contributed by atoms with Crippen LogP contribution in [0.3, 0.4) is 0 Å². The summed E-state index contributed by atoms with van der Waals surface area (Å²) in [4.78, 5) is 12.9. The maximum absolute atomic E-state index is 12.1. The van der Waals surface area contributed by atoms with Crippen LogP contribution in [-0.2, 0) is 11.3 Å². The van der Waals surface area contributed by atoms with E-state index < -0.39 is 0 Å². The van der Waals surface area contributed by atoms with Crippen molar-refractivity contribution in [3.05, 3.63) is 64.1 Å². The van der Waals surface area contributed by atoms with Crippen molar-refractivity contribution < 1.29 is 4.79 Å². The van der Waals surface area contributed by atoms with E-state index in [1.165, 1.54) is 11.8 Å². The van der Waals surface area contributed by atoms with Crippen molar-refractivity contribution in [2.75, 3.05) is 0 Å². The number of carbonyl (C=O) groups excluding carboxylic acids is 1. The third-order valence-corrected chi connectivity index (χ3v) is 4.71. The fourth-order valence-corrected chi connectivity index (χ4v) is 3.18. The molecule has 0 saturated heterocycles. The molecule has 0 heterocycles. The van der Waals surface area contributed by atoms with Crippen molar-refractivity contribution >= 4 is 40.9 Å². The molecule has 0 aromatic heterocycles. The van der Waals surface area contributed by atoms with E-state index in [1.54, 1.807) is 18.2 Å². The van der Waals surface area contributed by atoms with E-state index in [0.29, 0.717) is 16.6 Å². The molecule has 2 aromatic rings. The number of hydrogen-bond acceptors (Lipinski definition) is 2. The number of thioether (sulfide) groups is 1. The van der Waals surface area contributed by atoms with Gasteiger partial charge in [0.1, 0.15) is 0 Å². The molecule has 2 nitrogen and oxygen atoms in total. The highest BCUT2D eigenvalue weighted by Crippen LogP contribution is 2.32. The number of hydrogen-bond donors (Lipinski definition) is 1. The molecule has 0 fully saturated rings. The first-order valence-electron chi connectivity index (χ1n) is 6.49. The molecule has 0 bridgehead atoms. The number of amides is 1. The molecule has 2 aromatic carbocycles. The van der Waals surface area contributed by atoms with Gasteiger partial charge in [0.25, 0.3) is 0 Å². The van der Waals surface area contributed by atoms with Gasteiger partial charge in [0.05, 0.1) is 10.3 Å². The maximum Gasteiger partial charge on any atom is 0.233 e. The molecule has 1 atom stereocenters. The van der Waals surface area contributed by atoms with Gasteiger partial charge in [0.2, 0.25) is 5.91 Å². The molecular weight excluding hydrogens is 325 g/mol. The van der Waals surface area contributed by atoms with Gasteiger partial charge in [-0.25, -0.2) is 0 Å². The summed E-state index contributed by atoms with van der Waals surface area (Å²) in [5.41, 5.74) is 1.07. The van der Waals surface area contributed by atoms with E-state index in [1.807, 2.05) is 37.3 Å². The minimum absolute atomic E-state index is 0.0279. The highest BCUT2D eigenvalue weighted by atomic mass is 35.5. The quantitative estimate of drug-likeness (QED) is 0.793. The molecule has 0 spiro atoms. The Morgan fingerprint density at radius 3 is 2.62 bits per heavy atom. The second kappa shape index (κ2) is 7.74. The molecule has 0 aliphatic carbocycles. The summed E-state index contributed by atoms with van der Waals surface area (Å²) in [6, 6.07) is 15.0. The first kappa shape index (κ1) is 16.2. The van der Waals surface area contributed by atoms with Gasteiger partial charge in [-0.05, 0) is 30.7 Å². The number of nitrogens with one attached hydrogen (secondary N) is 1. The normalized spacial score (nSPS) is 12.0. The molecule has 0 saturated carbocycles. The van der Waals surface area contributed by atoms with Crippen LogP contribution >= 0.6 is 35.0 Å². The minimum atomic E-state index is -0.246. The summed E-state index contributed by atoms with van der Waals surface area (Å²) in [7, 11) is 0. The predicted octanol–water partition coefficient (Wildman–Crippen LogP) is 4.79. The highest BCUT2D eigenvalue weighted by Gasteiger charge is 2.15. The lowest BCUT2D eigenvalue weighted by molar-refractivity contribution is -0.120. The third kappa shape index (κ3) is 4.95. The average molecular weight is 340 g/mol. The van der Waals surface area contributed by atoms with Gasteiger partial charge in [-0.3, -0.25) is 4.79 Å². The summed E-state index contributed by atoms with van der Waals surface area (Å²) >= 11 is 13.5. The van der Waals surface area contributed by atoms with Crippen LogP contribution in [0, 0.1) is 0 Å². The van der Waals surface area contributed by atoms with E-state index in [2.05, 4.69) is 5.32 Å². The standard InChI is InChI=1S/C16H15Cl2NOS/c1-11(21-15-9-13(17)7-8-14(15)18)16(20)19-10-12-5-3-2-4-6-12/h2-9,11H,10H2,1H3,(H,19,20)/t11-/m1/s1. The van der Waals surface area contributed by atoms with Crippen molar-refractivity contribution in [3.63, 3.8) is 0 Å². The van der Waals surface area contributed by atoms with Gasteiger partial charge in [-0.15, -0.1) is 11.8 Å². The fraction of sp³-hybridized carbons (Fsp3) is 0.188. The second-order valence-electron chi connectivity index (χ2n) is 4.54. The number of benzene rings is 2. The molecule has 2 rings (SSSR count). The first-order chi connectivity index (χ1) is 10.1. The second-order valence-corrected chi connectivity index (χ2v) is 6.76. The SMILES string of the molecule is C[C@@H](Sc1cc(Cl)ccc1Cl)C(=O)NCc1ccccc1. The molecule has 5 heteroatoms. The van der Waals surface area contributed by atoms with E-state index in [4.69, 9.17) is 23.2 Å². The van der Waals surface area contributed by atoms with E-state index in [0.717, 1.165) is 10.5 Å². The van der Waals surface area contributed by atoms with E-state index >= 15 is 0 Å². The van der Waals surface area contributed by atoms with Crippen molar-refractivity contribution in [2.24, 2.45) is 0 Å². The fourth-order valence-electron chi connectivity index (χ4n) is 1.74. The van der Waals surface area contributed by atoms with Gasteiger partial charge in [-0.2, -0.15) is 0 Å². The molecular formula is C16H15Cl2NOS. The minimum Gasteiger partial charge on any atom is -0.351 e. The highest BCUT2D eigenvalue weighted by molar-refractivity contribution is 8.00. The van der Waals surface area contributed by atoms with Gasteiger partial charge in [0.15, 0.2) is 0 Å². The number of halogens is 2. The van der Waals surface area contributed by atoms with Crippen LogP contribution < -0.4 is 5.32 Å². The monoisotopic (exact) mass is 339 g/mol. The van der Waals surface area contributed by atoms with Crippen LogP contribution in [0.1, 0.15) is 12.5 Å². The zero-order valence-electron chi connectivity index (χ0n) is 11.5. The Morgan fingerprint density at radius 1 is 1.19 bits per heavy atom. The summed E-state index contributed by atoms with van der Waals surface area (Å²) in [5.74, 6) is -0.0279. The van der Waals surface area contributed by atoms with Crippen LogP contribution in [0.4, 0.5) is 0 Å². The molecule has 0 aliphatic rings. The molecule has 0 radical (unpaired) electrons. The Bertz CT molecular complexity index is 619. The Balaban J connectivity index is 1.92. The van der Waals surface area contributed by atoms with Crippen LogP contribution in [0.5, 0.6) is 0 Å². The Kier molecular flexibility index (Phi) is 5.97. The average Bonchev–Trinajstić information content (AvgIpc) is 2.49.